The monoisotopic (exact) mass is 615 g/mol. The predicted molar refractivity (Wildman–Crippen MR) is 164 cm³/mol. The fraction of sp³-hybridized carbons (Fsp3) is 0.355. The summed E-state index contributed by atoms with van der Waals surface area (Å²) in [6.07, 6.45) is 5.07. The van der Waals surface area contributed by atoms with E-state index in [1.165, 1.54) is 17.0 Å². The number of nitrogens with one attached hydrogen (secondary N) is 1. The van der Waals surface area contributed by atoms with Crippen molar-refractivity contribution in [1.82, 2.24) is 10.2 Å². The van der Waals surface area contributed by atoms with Crippen molar-refractivity contribution < 1.29 is 18.0 Å². The molecule has 3 aromatic rings. The van der Waals surface area contributed by atoms with Crippen molar-refractivity contribution in [1.29, 1.82) is 0 Å². The zero-order chi connectivity index (χ0) is 29.6. The summed E-state index contributed by atoms with van der Waals surface area (Å²) < 4.78 is 28.9. The fourth-order valence-electron chi connectivity index (χ4n) is 5.07. The van der Waals surface area contributed by atoms with Crippen LogP contribution in [0, 0.1) is 6.92 Å². The quantitative estimate of drug-likeness (QED) is 0.287. The number of anilines is 1. The minimum absolute atomic E-state index is 0.0505. The van der Waals surface area contributed by atoms with Crippen LogP contribution in [-0.4, -0.2) is 43.8 Å². The Morgan fingerprint density at radius 1 is 0.927 bits per heavy atom. The molecule has 1 aliphatic carbocycles. The van der Waals surface area contributed by atoms with Crippen molar-refractivity contribution in [2.45, 2.75) is 69.5 Å². The van der Waals surface area contributed by atoms with Crippen LogP contribution in [0.2, 0.25) is 10.0 Å². The lowest BCUT2D eigenvalue weighted by molar-refractivity contribution is -0.139. The smallest absolute Gasteiger partial charge is 0.264 e. The second-order valence-corrected chi connectivity index (χ2v) is 13.2. The van der Waals surface area contributed by atoms with Gasteiger partial charge in [-0.05, 0) is 80.3 Å². The number of carbonyl (C=O) groups excluding carboxylic acids is 2. The van der Waals surface area contributed by atoms with Crippen molar-refractivity contribution in [3.8, 4) is 0 Å². The van der Waals surface area contributed by atoms with E-state index in [1.807, 2.05) is 0 Å². The summed E-state index contributed by atoms with van der Waals surface area (Å²) in [6, 6.07) is 19.0. The molecule has 7 nitrogen and oxygen atoms in total. The molecule has 0 aliphatic heterocycles. The van der Waals surface area contributed by atoms with Crippen LogP contribution in [0.1, 0.15) is 50.2 Å². The SMILES string of the molecule is Cc1cc(Cl)ccc1N(CC(=O)N(Cc1ccc(Cl)cc1)C(C)C(=O)NC1CCCCC1)S(=O)(=O)c1ccccc1. The molecule has 0 heterocycles. The van der Waals surface area contributed by atoms with E-state index >= 15 is 0 Å². The highest BCUT2D eigenvalue weighted by Crippen LogP contribution is 2.29. The van der Waals surface area contributed by atoms with Crippen LogP contribution in [0.3, 0.4) is 0 Å². The Labute approximate surface area is 252 Å². The highest BCUT2D eigenvalue weighted by molar-refractivity contribution is 7.92. The summed E-state index contributed by atoms with van der Waals surface area (Å²) in [4.78, 5) is 29.0. The first-order chi connectivity index (χ1) is 19.6. The molecular weight excluding hydrogens is 581 g/mol. The maximum Gasteiger partial charge on any atom is 0.264 e. The first kappa shape index (κ1) is 30.9. The highest BCUT2D eigenvalue weighted by Gasteiger charge is 2.33. The Balaban J connectivity index is 1.69. The van der Waals surface area contributed by atoms with E-state index < -0.39 is 28.5 Å². The van der Waals surface area contributed by atoms with Gasteiger partial charge in [0.05, 0.1) is 10.6 Å². The van der Waals surface area contributed by atoms with E-state index in [4.69, 9.17) is 23.2 Å². The van der Waals surface area contributed by atoms with Crippen LogP contribution >= 0.6 is 23.2 Å². The lowest BCUT2D eigenvalue weighted by Gasteiger charge is -2.33. The lowest BCUT2D eigenvalue weighted by Crippen LogP contribution is -2.53. The molecule has 218 valence electrons. The second-order valence-electron chi connectivity index (χ2n) is 10.4. The molecule has 1 aliphatic rings. The summed E-state index contributed by atoms with van der Waals surface area (Å²) >= 11 is 12.2. The number of nitrogens with zero attached hydrogens (tertiary/aromatic N) is 2. The number of hydrogen-bond donors (Lipinski definition) is 1. The van der Waals surface area contributed by atoms with Crippen molar-refractivity contribution in [3.63, 3.8) is 0 Å². The maximum absolute atomic E-state index is 14.1. The van der Waals surface area contributed by atoms with E-state index in [0.29, 0.717) is 21.3 Å². The van der Waals surface area contributed by atoms with Gasteiger partial charge in [-0.1, -0.05) is 72.8 Å². The van der Waals surface area contributed by atoms with Crippen LogP contribution < -0.4 is 9.62 Å². The molecule has 2 amide bonds. The van der Waals surface area contributed by atoms with Crippen molar-refractivity contribution in [2.24, 2.45) is 0 Å². The van der Waals surface area contributed by atoms with Crippen LogP contribution in [0.25, 0.3) is 0 Å². The average molecular weight is 617 g/mol. The van der Waals surface area contributed by atoms with Gasteiger partial charge >= 0.3 is 0 Å². The van der Waals surface area contributed by atoms with Gasteiger partial charge in [-0.25, -0.2) is 8.42 Å². The summed E-state index contributed by atoms with van der Waals surface area (Å²) in [6.45, 7) is 3.02. The van der Waals surface area contributed by atoms with Crippen LogP contribution in [-0.2, 0) is 26.2 Å². The second kappa shape index (κ2) is 13.7. The minimum Gasteiger partial charge on any atom is -0.352 e. The molecule has 0 spiro atoms. The van der Waals surface area contributed by atoms with Gasteiger partial charge in [-0.2, -0.15) is 0 Å². The molecule has 1 unspecified atom stereocenters. The zero-order valence-corrected chi connectivity index (χ0v) is 25.6. The molecule has 1 atom stereocenters. The predicted octanol–water partition coefficient (Wildman–Crippen LogP) is 6.36. The summed E-state index contributed by atoms with van der Waals surface area (Å²) in [7, 11) is -4.14. The topological polar surface area (TPSA) is 86.8 Å². The maximum atomic E-state index is 14.1. The van der Waals surface area contributed by atoms with E-state index in [0.717, 1.165) is 42.0 Å². The van der Waals surface area contributed by atoms with Crippen LogP contribution in [0.5, 0.6) is 0 Å². The van der Waals surface area contributed by atoms with Crippen LogP contribution in [0.15, 0.2) is 77.7 Å². The first-order valence-corrected chi connectivity index (χ1v) is 15.9. The number of hydrogen-bond acceptors (Lipinski definition) is 4. The number of halogens is 2. The van der Waals surface area contributed by atoms with Gasteiger partial charge in [0.15, 0.2) is 0 Å². The largest absolute Gasteiger partial charge is 0.352 e. The van der Waals surface area contributed by atoms with Gasteiger partial charge in [-0.3, -0.25) is 13.9 Å². The number of sulfonamides is 1. The molecular formula is C31H35Cl2N3O4S. The third kappa shape index (κ3) is 7.82. The average Bonchev–Trinajstić information content (AvgIpc) is 2.96. The lowest BCUT2D eigenvalue weighted by atomic mass is 9.95. The van der Waals surface area contributed by atoms with Gasteiger partial charge in [-0.15, -0.1) is 0 Å². The molecule has 0 saturated heterocycles. The summed E-state index contributed by atoms with van der Waals surface area (Å²) in [5, 5.41) is 4.10. The first-order valence-electron chi connectivity index (χ1n) is 13.7. The molecule has 41 heavy (non-hydrogen) atoms. The van der Waals surface area contributed by atoms with Crippen molar-refractivity contribution in [2.75, 3.05) is 10.8 Å². The molecule has 1 fully saturated rings. The van der Waals surface area contributed by atoms with Gasteiger partial charge in [0, 0.05) is 22.6 Å². The third-order valence-electron chi connectivity index (χ3n) is 7.42. The molecule has 0 aromatic heterocycles. The Morgan fingerprint density at radius 3 is 2.20 bits per heavy atom. The van der Waals surface area contributed by atoms with Gasteiger partial charge in [0.25, 0.3) is 10.0 Å². The molecule has 1 saturated carbocycles. The minimum atomic E-state index is -4.14. The molecule has 10 heteroatoms. The third-order valence-corrected chi connectivity index (χ3v) is 9.68. The Morgan fingerprint density at radius 2 is 1.56 bits per heavy atom. The fourth-order valence-corrected chi connectivity index (χ4v) is 6.92. The standard InChI is InChI=1S/C31H35Cl2N3O4S/c1-22-19-26(33)17-18-29(22)36(41(39,40)28-11-7-4-8-12-28)21-30(37)35(20-24-13-15-25(32)16-14-24)23(2)31(38)34-27-9-5-3-6-10-27/h4,7-8,11-19,23,27H,3,5-6,9-10,20-21H2,1-2H3,(H,34,38). The Kier molecular flexibility index (Phi) is 10.3. The summed E-state index contributed by atoms with van der Waals surface area (Å²) in [5.41, 5.74) is 1.69. The van der Waals surface area contributed by atoms with Gasteiger partial charge in [0.2, 0.25) is 11.8 Å². The van der Waals surface area contributed by atoms with E-state index in [9.17, 15) is 18.0 Å². The molecule has 0 bridgehead atoms. The molecule has 4 rings (SSSR count). The molecule has 3 aromatic carbocycles. The number of carbonyl (C=O) groups is 2. The van der Waals surface area contributed by atoms with Crippen molar-refractivity contribution >= 4 is 50.7 Å². The van der Waals surface area contributed by atoms with E-state index in [1.54, 1.807) is 74.5 Å². The van der Waals surface area contributed by atoms with Gasteiger partial charge in [0.1, 0.15) is 12.6 Å². The number of aryl methyl sites for hydroxylation is 1. The Bertz CT molecular complexity index is 1460. The van der Waals surface area contributed by atoms with Crippen molar-refractivity contribution in [3.05, 3.63) is 94.0 Å². The molecule has 1 N–H and O–H groups in total. The summed E-state index contributed by atoms with van der Waals surface area (Å²) in [5.74, 6) is -0.778. The van der Waals surface area contributed by atoms with E-state index in [2.05, 4.69) is 5.32 Å². The zero-order valence-electron chi connectivity index (χ0n) is 23.2. The highest BCUT2D eigenvalue weighted by atomic mass is 35.5. The number of benzene rings is 3. The molecule has 0 radical (unpaired) electrons. The Hall–Kier alpha value is -3.07. The van der Waals surface area contributed by atoms with E-state index in [-0.39, 0.29) is 23.4 Å². The van der Waals surface area contributed by atoms with Crippen LogP contribution in [0.4, 0.5) is 5.69 Å². The number of amides is 2. The normalized spacial score (nSPS) is 14.7. The van der Waals surface area contributed by atoms with Gasteiger partial charge < -0.3 is 10.2 Å². The number of rotatable bonds is 10.